The Labute approximate surface area is 109 Å². The summed E-state index contributed by atoms with van der Waals surface area (Å²) < 4.78 is 79.1. The van der Waals surface area contributed by atoms with Crippen molar-refractivity contribution in [3.8, 4) is 0 Å². The van der Waals surface area contributed by atoms with E-state index in [0.29, 0.717) is 0 Å². The minimum Gasteiger partial charge on any atom is -0.477 e. The fraction of sp³-hybridized carbons (Fsp3) is 0.600. The lowest BCUT2D eigenvalue weighted by molar-refractivity contribution is -0.613. The average Bonchev–Trinajstić information content (AvgIpc) is 2.29. The quantitative estimate of drug-likeness (QED) is 0.528. The number of hydrogen-bond donors (Lipinski definition) is 3. The number of halogens is 6. The average molecular weight is 305 g/mol. The molecule has 10 heteroatoms. The normalized spacial score (nSPS) is 21.1. The van der Waals surface area contributed by atoms with Crippen LogP contribution in [0.5, 0.6) is 0 Å². The molecule has 4 N–H and O–H groups in total. The van der Waals surface area contributed by atoms with Crippen LogP contribution in [0, 0.1) is 5.41 Å². The number of nitrogens with one attached hydrogen (secondary N) is 1. The number of nitrogens with two attached hydrogens (primary N) is 1. The molecule has 0 spiro atoms. The number of carbonyl (C=O) groups is 1. The van der Waals surface area contributed by atoms with Crippen LogP contribution >= 0.6 is 0 Å². The maximum Gasteiger partial charge on any atom is 0.359 e. The van der Waals surface area contributed by atoms with Crippen LogP contribution in [0.2, 0.25) is 0 Å². The van der Waals surface area contributed by atoms with Gasteiger partial charge in [-0.2, -0.15) is 8.78 Å². The minimum absolute atomic E-state index is 0.266. The molecule has 0 aromatic carbocycles. The van der Waals surface area contributed by atoms with Gasteiger partial charge in [0.05, 0.1) is 0 Å². The predicted octanol–water partition coefficient (Wildman–Crippen LogP) is 1.24. The number of rotatable bonds is 5. The zero-order valence-corrected chi connectivity index (χ0v) is 9.90. The van der Waals surface area contributed by atoms with Crippen LogP contribution in [-0.2, 0) is 4.79 Å². The van der Waals surface area contributed by atoms with E-state index in [0.717, 1.165) is 0 Å². The van der Waals surface area contributed by atoms with Crippen molar-refractivity contribution < 1.29 is 41.6 Å². The molecule has 0 atom stereocenters. The van der Waals surface area contributed by atoms with Gasteiger partial charge in [0.25, 0.3) is 12.3 Å². The van der Waals surface area contributed by atoms with E-state index in [1.165, 1.54) is 0 Å². The third-order valence-corrected chi connectivity index (χ3v) is 2.75. The highest BCUT2D eigenvalue weighted by atomic mass is 19.3. The molecule has 4 nitrogen and oxygen atoms in total. The molecular formula is C10H11F6N2O2+. The van der Waals surface area contributed by atoms with Gasteiger partial charge in [-0.15, -0.1) is 0 Å². The molecule has 0 saturated heterocycles. The fourth-order valence-electron chi connectivity index (χ4n) is 1.85. The molecule has 0 saturated carbocycles. The summed E-state index contributed by atoms with van der Waals surface area (Å²) in [6.45, 7) is -1.03. The van der Waals surface area contributed by atoms with Crippen molar-refractivity contribution in [2.75, 3.05) is 6.54 Å². The topological polar surface area (TPSA) is 77.8 Å². The molecule has 0 bridgehead atoms. The number of aliphatic carboxylic acids is 1. The second-order valence-corrected chi connectivity index (χ2v) is 4.21. The molecule has 1 aliphatic rings. The van der Waals surface area contributed by atoms with Gasteiger partial charge in [0, 0.05) is 12.8 Å². The van der Waals surface area contributed by atoms with Gasteiger partial charge >= 0.3 is 11.9 Å². The van der Waals surface area contributed by atoms with Gasteiger partial charge in [-0.05, 0) is 0 Å². The lowest BCUT2D eigenvalue weighted by atomic mass is 9.87. The Hall–Kier alpha value is -1.58. The lowest BCUT2D eigenvalue weighted by Gasteiger charge is -2.31. The van der Waals surface area contributed by atoms with E-state index >= 15 is 0 Å². The van der Waals surface area contributed by atoms with Crippen LogP contribution < -0.4 is 5.32 Å². The molecular weight excluding hydrogens is 294 g/mol. The van der Waals surface area contributed by atoms with Crippen molar-refractivity contribution >= 4 is 11.7 Å². The van der Waals surface area contributed by atoms with Crippen molar-refractivity contribution in [3.63, 3.8) is 0 Å². The number of carboxylic acids is 1. The molecule has 0 aromatic heterocycles. The van der Waals surface area contributed by atoms with Gasteiger partial charge in [-0.1, -0.05) is 0 Å². The van der Waals surface area contributed by atoms with Gasteiger partial charge in [0.1, 0.15) is 11.3 Å². The Morgan fingerprint density at radius 2 is 1.75 bits per heavy atom. The standard InChI is InChI=1S/C10H10F6N2O2/c11-8(12)6(17)5-7(18-3-4(19)20)10(15,16)2-1-9(5,13)14/h8,17-18H,1-3H2,(H,19,20)/p+1. The molecule has 1 aliphatic carbocycles. The number of quaternary nitrogens is 1. The Morgan fingerprint density at radius 1 is 1.25 bits per heavy atom. The Kier molecular flexibility index (Phi) is 4.47. The first-order valence-electron chi connectivity index (χ1n) is 5.42. The molecule has 0 aliphatic heterocycles. The SMILES string of the molecule is N=C(C1=C([NH2+]CC(=O)O)C(F)(F)CCC1(F)F)C(F)F. The van der Waals surface area contributed by atoms with Gasteiger partial charge in [-0.25, -0.2) is 22.4 Å². The van der Waals surface area contributed by atoms with Crippen LogP contribution in [-0.4, -0.2) is 41.6 Å². The number of allylic oxidation sites excluding steroid dienone is 2. The first-order valence-corrected chi connectivity index (χ1v) is 5.42. The summed E-state index contributed by atoms with van der Waals surface area (Å²) in [4.78, 5) is 10.3. The van der Waals surface area contributed by atoms with Crippen LogP contribution in [0.4, 0.5) is 26.3 Å². The highest BCUT2D eigenvalue weighted by Crippen LogP contribution is 2.44. The van der Waals surface area contributed by atoms with E-state index in [1.807, 2.05) is 0 Å². The summed E-state index contributed by atoms with van der Waals surface area (Å²) in [7, 11) is 0. The molecule has 0 aromatic rings. The first kappa shape index (κ1) is 16.5. The number of hydrogen-bond acceptors (Lipinski definition) is 2. The van der Waals surface area contributed by atoms with Gasteiger partial charge in [0.2, 0.25) is 0 Å². The zero-order chi connectivity index (χ0) is 15.7. The van der Waals surface area contributed by atoms with Crippen LogP contribution in [0.15, 0.2) is 11.3 Å². The van der Waals surface area contributed by atoms with Gasteiger partial charge < -0.3 is 10.4 Å². The third-order valence-electron chi connectivity index (χ3n) is 2.75. The van der Waals surface area contributed by atoms with Crippen molar-refractivity contribution in [2.45, 2.75) is 31.1 Å². The maximum atomic E-state index is 13.6. The Balaban J connectivity index is 3.36. The Bertz CT molecular complexity index is 461. The van der Waals surface area contributed by atoms with E-state index in [9.17, 15) is 31.1 Å². The van der Waals surface area contributed by atoms with E-state index in [1.54, 1.807) is 0 Å². The van der Waals surface area contributed by atoms with Crippen LogP contribution in [0.3, 0.4) is 0 Å². The molecule has 0 radical (unpaired) electrons. The molecule has 0 unspecified atom stereocenters. The van der Waals surface area contributed by atoms with Crippen LogP contribution in [0.25, 0.3) is 0 Å². The summed E-state index contributed by atoms with van der Waals surface area (Å²) in [5.41, 5.74) is -5.18. The lowest BCUT2D eigenvalue weighted by Crippen LogP contribution is -2.87. The van der Waals surface area contributed by atoms with Crippen LogP contribution in [0.1, 0.15) is 12.8 Å². The smallest absolute Gasteiger partial charge is 0.359 e. The highest BCUT2D eigenvalue weighted by Gasteiger charge is 2.56. The van der Waals surface area contributed by atoms with Gasteiger partial charge in [-0.3, -0.25) is 5.41 Å². The largest absolute Gasteiger partial charge is 0.477 e. The van der Waals surface area contributed by atoms with E-state index in [4.69, 9.17) is 10.5 Å². The van der Waals surface area contributed by atoms with Gasteiger partial charge in [0.15, 0.2) is 12.2 Å². The summed E-state index contributed by atoms with van der Waals surface area (Å²) >= 11 is 0. The molecule has 20 heavy (non-hydrogen) atoms. The number of carboxylic acid groups (broad SMARTS) is 1. The molecule has 114 valence electrons. The molecule has 0 amide bonds. The van der Waals surface area contributed by atoms with Crippen molar-refractivity contribution in [1.82, 2.24) is 0 Å². The predicted molar refractivity (Wildman–Crippen MR) is 54.3 cm³/mol. The summed E-state index contributed by atoms with van der Waals surface area (Å²) in [5.74, 6) is -9.46. The van der Waals surface area contributed by atoms with E-state index < -0.39 is 60.6 Å². The zero-order valence-electron chi connectivity index (χ0n) is 9.90. The van der Waals surface area contributed by atoms with Crippen molar-refractivity contribution in [2.24, 2.45) is 0 Å². The summed E-state index contributed by atoms with van der Waals surface area (Å²) in [6.07, 6.45) is -6.33. The Morgan fingerprint density at radius 3 is 2.20 bits per heavy atom. The molecule has 1 rings (SSSR count). The minimum atomic E-state index is -4.01. The maximum absolute atomic E-state index is 13.6. The van der Waals surface area contributed by atoms with Crippen molar-refractivity contribution in [3.05, 3.63) is 11.3 Å². The third kappa shape index (κ3) is 3.30. The highest BCUT2D eigenvalue weighted by molar-refractivity contribution is 6.02. The monoisotopic (exact) mass is 305 g/mol. The first-order chi connectivity index (χ1) is 8.99. The second kappa shape index (κ2) is 5.43. The fourth-order valence-corrected chi connectivity index (χ4v) is 1.85. The van der Waals surface area contributed by atoms with E-state index in [-0.39, 0.29) is 5.32 Å². The molecule has 0 heterocycles. The number of alkyl halides is 6. The summed E-state index contributed by atoms with van der Waals surface area (Å²) in [6, 6.07) is 0. The molecule has 0 fully saturated rings. The van der Waals surface area contributed by atoms with Crippen molar-refractivity contribution in [1.29, 1.82) is 5.41 Å². The van der Waals surface area contributed by atoms with E-state index in [2.05, 4.69) is 0 Å². The second-order valence-electron chi connectivity index (χ2n) is 4.21. The summed E-state index contributed by atoms with van der Waals surface area (Å²) in [5, 5.41) is 15.6.